The fourth-order valence-electron chi connectivity index (χ4n) is 1.59. The molecule has 3 nitrogen and oxygen atoms in total. The van der Waals surface area contributed by atoms with Crippen LogP contribution in [-0.2, 0) is 4.79 Å². The molecule has 1 aromatic rings. The van der Waals surface area contributed by atoms with E-state index in [0.29, 0.717) is 23.0 Å². The molecule has 18 heavy (non-hydrogen) atoms. The van der Waals surface area contributed by atoms with Gasteiger partial charge >= 0.3 is 0 Å². The van der Waals surface area contributed by atoms with E-state index in [1.54, 1.807) is 17.8 Å². The van der Waals surface area contributed by atoms with Gasteiger partial charge in [0, 0.05) is 10.6 Å². The molecule has 1 atom stereocenters. The number of hydrogen-bond donors (Lipinski definition) is 2. The Morgan fingerprint density at radius 3 is 2.67 bits per heavy atom. The fraction of sp³-hybridized carbons (Fsp3) is 0.462. The minimum absolute atomic E-state index is 0.170. The van der Waals surface area contributed by atoms with E-state index in [1.807, 2.05) is 32.2 Å². The molecule has 0 aromatic heterocycles. The third-order valence-corrected chi connectivity index (χ3v) is 3.70. The molecule has 0 heterocycles. The third-order valence-electron chi connectivity index (χ3n) is 2.48. The first kappa shape index (κ1) is 15.3. The zero-order chi connectivity index (χ0) is 13.7. The number of carbonyl (C=O) groups excluding carboxylic acids is 1. The molecule has 0 saturated heterocycles. The first-order chi connectivity index (χ1) is 8.43. The molecule has 1 amide bonds. The van der Waals surface area contributed by atoms with Crippen molar-refractivity contribution in [3.05, 3.63) is 23.2 Å². The van der Waals surface area contributed by atoms with Gasteiger partial charge in [-0.2, -0.15) is 0 Å². The minimum atomic E-state index is -0.482. The first-order valence-electron chi connectivity index (χ1n) is 5.84. The number of benzene rings is 1. The maximum Gasteiger partial charge on any atom is 0.241 e. The van der Waals surface area contributed by atoms with E-state index in [1.165, 1.54) is 0 Å². The number of rotatable bonds is 5. The molecule has 5 heteroatoms. The average Bonchev–Trinajstić information content (AvgIpc) is 2.28. The van der Waals surface area contributed by atoms with Crippen LogP contribution in [0.15, 0.2) is 23.1 Å². The quantitative estimate of drug-likeness (QED) is 0.816. The predicted octanol–water partition coefficient (Wildman–Crippen LogP) is 3.37. The Kier molecular flexibility index (Phi) is 5.99. The maximum absolute atomic E-state index is 11.8. The number of nitrogens with two attached hydrogens (primary N) is 1. The Morgan fingerprint density at radius 2 is 2.17 bits per heavy atom. The van der Waals surface area contributed by atoms with Gasteiger partial charge in [0.15, 0.2) is 0 Å². The Labute approximate surface area is 117 Å². The summed E-state index contributed by atoms with van der Waals surface area (Å²) in [6.45, 7) is 4.08. The lowest BCUT2D eigenvalue weighted by Crippen LogP contribution is -2.36. The monoisotopic (exact) mass is 286 g/mol. The minimum Gasteiger partial charge on any atom is -0.325 e. The van der Waals surface area contributed by atoms with Crippen LogP contribution >= 0.6 is 23.4 Å². The molecule has 0 aliphatic carbocycles. The van der Waals surface area contributed by atoms with Crippen molar-refractivity contribution in [1.29, 1.82) is 0 Å². The van der Waals surface area contributed by atoms with Gasteiger partial charge in [0.1, 0.15) is 0 Å². The largest absolute Gasteiger partial charge is 0.325 e. The highest BCUT2D eigenvalue weighted by atomic mass is 35.5. The Morgan fingerprint density at radius 1 is 1.50 bits per heavy atom. The zero-order valence-electron chi connectivity index (χ0n) is 10.9. The van der Waals surface area contributed by atoms with E-state index in [0.717, 1.165) is 4.90 Å². The molecular formula is C13H19ClN2OS. The smallest absolute Gasteiger partial charge is 0.241 e. The highest BCUT2D eigenvalue weighted by Crippen LogP contribution is 2.28. The summed E-state index contributed by atoms with van der Waals surface area (Å²) in [6.07, 6.45) is 2.63. The molecule has 0 aliphatic heterocycles. The lowest BCUT2D eigenvalue weighted by Gasteiger charge is -2.14. The summed E-state index contributed by atoms with van der Waals surface area (Å²) in [5.41, 5.74) is 6.49. The van der Waals surface area contributed by atoms with E-state index >= 15 is 0 Å². The van der Waals surface area contributed by atoms with Gasteiger partial charge < -0.3 is 11.1 Å². The van der Waals surface area contributed by atoms with E-state index in [2.05, 4.69) is 5.32 Å². The van der Waals surface area contributed by atoms with Crippen molar-refractivity contribution in [3.63, 3.8) is 0 Å². The molecule has 100 valence electrons. The van der Waals surface area contributed by atoms with Crippen molar-refractivity contribution in [1.82, 2.24) is 0 Å². The summed E-state index contributed by atoms with van der Waals surface area (Å²) in [7, 11) is 0. The summed E-state index contributed by atoms with van der Waals surface area (Å²) >= 11 is 7.64. The number of thioether (sulfide) groups is 1. The summed E-state index contributed by atoms with van der Waals surface area (Å²) in [4.78, 5) is 12.8. The van der Waals surface area contributed by atoms with Gasteiger partial charge in [-0.15, -0.1) is 11.8 Å². The van der Waals surface area contributed by atoms with Gasteiger partial charge in [0.05, 0.1) is 11.1 Å². The van der Waals surface area contributed by atoms with Crippen molar-refractivity contribution in [2.45, 2.75) is 31.2 Å². The highest BCUT2D eigenvalue weighted by molar-refractivity contribution is 7.98. The maximum atomic E-state index is 11.8. The number of carbonyl (C=O) groups is 1. The standard InChI is InChI=1S/C13H19ClN2OS/c1-8(2)6-11(15)13(17)16-9-4-5-12(18-3)10(14)7-9/h4-5,7-8,11H,6,15H2,1-3H3,(H,16,17)/t11-/m0/s1. The Hall–Kier alpha value is -0.710. The van der Waals surface area contributed by atoms with Crippen LogP contribution in [0.2, 0.25) is 5.02 Å². The van der Waals surface area contributed by atoms with Crippen LogP contribution < -0.4 is 11.1 Å². The second kappa shape index (κ2) is 7.02. The first-order valence-corrected chi connectivity index (χ1v) is 7.44. The lowest BCUT2D eigenvalue weighted by atomic mass is 10.0. The summed E-state index contributed by atoms with van der Waals surface area (Å²) in [5, 5.41) is 3.42. The lowest BCUT2D eigenvalue weighted by molar-refractivity contribution is -0.117. The van der Waals surface area contributed by atoms with Crippen LogP contribution in [0, 0.1) is 5.92 Å². The van der Waals surface area contributed by atoms with Crippen LogP contribution in [0.4, 0.5) is 5.69 Å². The number of hydrogen-bond acceptors (Lipinski definition) is 3. The van der Waals surface area contributed by atoms with Gasteiger partial charge in [-0.25, -0.2) is 0 Å². The highest BCUT2D eigenvalue weighted by Gasteiger charge is 2.15. The topological polar surface area (TPSA) is 55.1 Å². The molecular weight excluding hydrogens is 268 g/mol. The predicted molar refractivity (Wildman–Crippen MR) is 79.3 cm³/mol. The second-order valence-corrected chi connectivity index (χ2v) is 5.83. The number of anilines is 1. The Bertz CT molecular complexity index is 423. The third kappa shape index (κ3) is 4.52. The van der Waals surface area contributed by atoms with Crippen molar-refractivity contribution in [3.8, 4) is 0 Å². The molecule has 0 fully saturated rings. The van der Waals surface area contributed by atoms with Crippen molar-refractivity contribution >= 4 is 35.0 Å². The number of nitrogens with one attached hydrogen (secondary N) is 1. The van der Waals surface area contributed by atoms with Crippen LogP contribution in [0.3, 0.4) is 0 Å². The van der Waals surface area contributed by atoms with Crippen molar-refractivity contribution in [2.75, 3.05) is 11.6 Å². The molecule has 1 aromatic carbocycles. The molecule has 0 spiro atoms. The molecule has 0 aliphatic rings. The average molecular weight is 287 g/mol. The number of amides is 1. The molecule has 0 radical (unpaired) electrons. The zero-order valence-corrected chi connectivity index (χ0v) is 12.4. The summed E-state index contributed by atoms with van der Waals surface area (Å²) in [5.74, 6) is 0.227. The SMILES string of the molecule is CSc1ccc(NC(=O)[C@@H](N)CC(C)C)cc1Cl. The van der Waals surface area contributed by atoms with E-state index in [9.17, 15) is 4.79 Å². The van der Waals surface area contributed by atoms with E-state index in [-0.39, 0.29) is 5.91 Å². The van der Waals surface area contributed by atoms with Crippen molar-refractivity contribution in [2.24, 2.45) is 11.7 Å². The van der Waals surface area contributed by atoms with Gasteiger partial charge in [-0.1, -0.05) is 25.4 Å². The summed E-state index contributed by atoms with van der Waals surface area (Å²) < 4.78 is 0. The fourth-order valence-corrected chi connectivity index (χ4v) is 2.46. The van der Waals surface area contributed by atoms with Crippen molar-refractivity contribution < 1.29 is 4.79 Å². The van der Waals surface area contributed by atoms with Gasteiger partial charge in [-0.3, -0.25) is 4.79 Å². The van der Waals surface area contributed by atoms with Crippen LogP contribution in [0.1, 0.15) is 20.3 Å². The molecule has 0 bridgehead atoms. The van der Waals surface area contributed by atoms with E-state index in [4.69, 9.17) is 17.3 Å². The molecule has 3 N–H and O–H groups in total. The normalized spacial score (nSPS) is 12.6. The van der Waals surface area contributed by atoms with Crippen LogP contribution in [0.5, 0.6) is 0 Å². The second-order valence-electron chi connectivity index (χ2n) is 4.57. The van der Waals surface area contributed by atoms with E-state index < -0.39 is 6.04 Å². The van der Waals surface area contributed by atoms with Gasteiger partial charge in [-0.05, 0) is 36.8 Å². The molecule has 1 rings (SSSR count). The van der Waals surface area contributed by atoms with Crippen LogP contribution in [-0.4, -0.2) is 18.2 Å². The van der Waals surface area contributed by atoms with Crippen LogP contribution in [0.25, 0.3) is 0 Å². The Balaban J connectivity index is 2.67. The molecule has 0 saturated carbocycles. The van der Waals surface area contributed by atoms with Gasteiger partial charge in [0.2, 0.25) is 5.91 Å². The summed E-state index contributed by atoms with van der Waals surface area (Å²) in [6, 6.07) is 4.98. The number of halogens is 1. The molecule has 0 unspecified atom stereocenters. The van der Waals surface area contributed by atoms with Gasteiger partial charge in [0.25, 0.3) is 0 Å².